The molecular weight excluding hydrogens is 382 g/mol. The molecule has 0 aliphatic carbocycles. The summed E-state index contributed by atoms with van der Waals surface area (Å²) in [5, 5.41) is 2.95. The third-order valence-electron chi connectivity index (χ3n) is 4.82. The van der Waals surface area contributed by atoms with Crippen molar-refractivity contribution >= 4 is 22.0 Å². The molecule has 28 heavy (non-hydrogen) atoms. The van der Waals surface area contributed by atoms with E-state index in [4.69, 9.17) is 4.74 Å². The summed E-state index contributed by atoms with van der Waals surface area (Å²) in [4.78, 5) is 26.0. The first-order valence-electron chi connectivity index (χ1n) is 9.66. The largest absolute Gasteiger partial charge is 0.450 e. The number of nitrogens with one attached hydrogen (secondary N) is 1. The highest BCUT2D eigenvalue weighted by atomic mass is 32.2. The van der Waals surface area contributed by atoms with Crippen LogP contribution in [0.1, 0.15) is 44.0 Å². The number of amides is 2. The predicted molar refractivity (Wildman–Crippen MR) is 106 cm³/mol. The average Bonchev–Trinajstić information content (AvgIpc) is 2.69. The Morgan fingerprint density at radius 2 is 1.68 bits per heavy atom. The molecule has 8 nitrogen and oxygen atoms in total. The normalized spacial score (nSPS) is 15.5. The Bertz CT molecular complexity index is 767. The first-order chi connectivity index (χ1) is 13.3. The maximum absolute atomic E-state index is 12.5. The molecule has 9 heteroatoms. The van der Waals surface area contributed by atoms with E-state index in [0.717, 1.165) is 0 Å². The number of benzene rings is 1. The van der Waals surface area contributed by atoms with Gasteiger partial charge in [0.25, 0.3) is 5.91 Å². The number of likely N-dealkylation sites (tertiary alicyclic amines) is 1. The highest BCUT2D eigenvalue weighted by molar-refractivity contribution is 7.89. The number of sulfonamides is 1. The first-order valence-corrected chi connectivity index (χ1v) is 11.1. The molecule has 0 aromatic heterocycles. The standard InChI is InChI=1S/C19H29N3O5S/c1-4-22(5-2)28(25,26)17-9-7-15(8-10-17)18(23)20-16-11-13-21(14-12-16)19(24)27-6-3/h7-10,16H,4-6,11-14H2,1-3H3,(H,20,23). The van der Waals surface area contributed by atoms with Crippen LogP contribution in [0.25, 0.3) is 0 Å². The van der Waals surface area contributed by atoms with Gasteiger partial charge in [-0.25, -0.2) is 13.2 Å². The minimum Gasteiger partial charge on any atom is -0.450 e. The molecule has 1 saturated heterocycles. The molecule has 156 valence electrons. The molecule has 1 aromatic carbocycles. The topological polar surface area (TPSA) is 96.0 Å². The molecule has 0 spiro atoms. The van der Waals surface area contributed by atoms with Gasteiger partial charge in [-0.3, -0.25) is 4.79 Å². The molecule has 0 unspecified atom stereocenters. The molecule has 1 fully saturated rings. The van der Waals surface area contributed by atoms with E-state index < -0.39 is 10.0 Å². The minimum atomic E-state index is -3.54. The van der Waals surface area contributed by atoms with Crippen LogP contribution in [0.2, 0.25) is 0 Å². The van der Waals surface area contributed by atoms with Crippen LogP contribution in [0.3, 0.4) is 0 Å². The van der Waals surface area contributed by atoms with Crippen molar-refractivity contribution in [3.8, 4) is 0 Å². The second kappa shape index (κ2) is 9.88. The molecule has 2 amide bonds. The zero-order chi connectivity index (χ0) is 20.7. The lowest BCUT2D eigenvalue weighted by atomic mass is 10.0. The molecule has 1 aliphatic heterocycles. The number of rotatable bonds is 7. The Morgan fingerprint density at radius 1 is 1.11 bits per heavy atom. The average molecular weight is 412 g/mol. The van der Waals surface area contributed by atoms with Crippen molar-refractivity contribution in [1.29, 1.82) is 0 Å². The number of carbonyl (C=O) groups excluding carboxylic acids is 2. The lowest BCUT2D eigenvalue weighted by Gasteiger charge is -2.31. The Balaban J connectivity index is 1.95. The predicted octanol–water partition coefficient (Wildman–Crippen LogP) is 2.07. The van der Waals surface area contributed by atoms with Crippen molar-refractivity contribution in [1.82, 2.24) is 14.5 Å². The van der Waals surface area contributed by atoms with Crippen LogP contribution in [0.4, 0.5) is 4.79 Å². The monoisotopic (exact) mass is 411 g/mol. The maximum atomic E-state index is 12.5. The van der Waals surface area contributed by atoms with Crippen LogP contribution in [0, 0.1) is 0 Å². The maximum Gasteiger partial charge on any atom is 0.409 e. The van der Waals surface area contributed by atoms with Crippen LogP contribution in [0.15, 0.2) is 29.2 Å². The molecule has 0 radical (unpaired) electrons. The molecule has 1 heterocycles. The summed E-state index contributed by atoms with van der Waals surface area (Å²) < 4.78 is 31.4. The van der Waals surface area contributed by atoms with Crippen LogP contribution >= 0.6 is 0 Å². The van der Waals surface area contributed by atoms with E-state index in [-0.39, 0.29) is 22.9 Å². The Hall–Kier alpha value is -2.13. The van der Waals surface area contributed by atoms with Crippen molar-refractivity contribution in [2.45, 2.75) is 44.6 Å². The van der Waals surface area contributed by atoms with Gasteiger partial charge in [0, 0.05) is 37.8 Å². The van der Waals surface area contributed by atoms with Gasteiger partial charge >= 0.3 is 6.09 Å². The number of nitrogens with zero attached hydrogens (tertiary/aromatic N) is 2. The second-order valence-corrected chi connectivity index (χ2v) is 8.49. The third kappa shape index (κ3) is 5.23. The minimum absolute atomic E-state index is 0.0303. The molecular formula is C19H29N3O5S. The summed E-state index contributed by atoms with van der Waals surface area (Å²) in [7, 11) is -3.54. The molecule has 0 saturated carbocycles. The van der Waals surface area contributed by atoms with Gasteiger partial charge in [0.05, 0.1) is 11.5 Å². The van der Waals surface area contributed by atoms with Crippen molar-refractivity contribution < 1.29 is 22.7 Å². The van der Waals surface area contributed by atoms with Crippen LogP contribution < -0.4 is 5.32 Å². The van der Waals surface area contributed by atoms with E-state index in [1.54, 1.807) is 25.7 Å². The molecule has 0 bridgehead atoms. The van der Waals surface area contributed by atoms with Gasteiger partial charge in [-0.15, -0.1) is 0 Å². The Labute approximate surface area is 166 Å². The van der Waals surface area contributed by atoms with Gasteiger partial charge in [-0.1, -0.05) is 13.8 Å². The van der Waals surface area contributed by atoms with Crippen molar-refractivity contribution in [2.24, 2.45) is 0 Å². The van der Waals surface area contributed by atoms with E-state index >= 15 is 0 Å². The summed E-state index contributed by atoms with van der Waals surface area (Å²) in [5.74, 6) is -0.249. The van der Waals surface area contributed by atoms with Gasteiger partial charge < -0.3 is 15.0 Å². The number of ether oxygens (including phenoxy) is 1. The fourth-order valence-electron chi connectivity index (χ4n) is 3.18. The zero-order valence-corrected chi connectivity index (χ0v) is 17.5. The summed E-state index contributed by atoms with van der Waals surface area (Å²) >= 11 is 0. The summed E-state index contributed by atoms with van der Waals surface area (Å²) in [6.45, 7) is 7.54. The van der Waals surface area contributed by atoms with Gasteiger partial charge in [0.1, 0.15) is 0 Å². The van der Waals surface area contributed by atoms with E-state index in [1.165, 1.54) is 28.6 Å². The van der Waals surface area contributed by atoms with Gasteiger partial charge in [0.2, 0.25) is 10.0 Å². The second-order valence-electron chi connectivity index (χ2n) is 6.55. The number of carbonyl (C=O) groups is 2. The highest BCUT2D eigenvalue weighted by Crippen LogP contribution is 2.17. The number of piperidine rings is 1. The lowest BCUT2D eigenvalue weighted by molar-refractivity contribution is 0.0860. The fraction of sp³-hybridized carbons (Fsp3) is 0.579. The van der Waals surface area contributed by atoms with Crippen molar-refractivity contribution in [2.75, 3.05) is 32.8 Å². The first kappa shape index (κ1) is 22.2. The molecule has 0 atom stereocenters. The quantitative estimate of drug-likeness (QED) is 0.741. The SMILES string of the molecule is CCOC(=O)N1CCC(NC(=O)c2ccc(S(=O)(=O)N(CC)CC)cc2)CC1. The summed E-state index contributed by atoms with van der Waals surface area (Å²) in [6, 6.07) is 5.95. The Kier molecular flexibility index (Phi) is 7.82. The highest BCUT2D eigenvalue weighted by Gasteiger charge is 2.25. The van der Waals surface area contributed by atoms with Gasteiger partial charge in [-0.05, 0) is 44.0 Å². The van der Waals surface area contributed by atoms with Gasteiger partial charge in [-0.2, -0.15) is 4.31 Å². The van der Waals surface area contributed by atoms with E-state index in [0.29, 0.717) is 51.2 Å². The number of hydrogen-bond donors (Lipinski definition) is 1. The molecule has 1 aromatic rings. The van der Waals surface area contributed by atoms with Gasteiger partial charge in [0.15, 0.2) is 0 Å². The van der Waals surface area contributed by atoms with Crippen LogP contribution in [-0.2, 0) is 14.8 Å². The van der Waals surface area contributed by atoms with Crippen molar-refractivity contribution in [3.63, 3.8) is 0 Å². The van der Waals surface area contributed by atoms with E-state index in [2.05, 4.69) is 5.32 Å². The van der Waals surface area contributed by atoms with Crippen molar-refractivity contribution in [3.05, 3.63) is 29.8 Å². The number of hydrogen-bond acceptors (Lipinski definition) is 5. The smallest absolute Gasteiger partial charge is 0.409 e. The molecule has 2 rings (SSSR count). The summed E-state index contributed by atoms with van der Waals surface area (Å²) in [5.41, 5.74) is 0.409. The lowest BCUT2D eigenvalue weighted by Crippen LogP contribution is -2.46. The fourth-order valence-corrected chi connectivity index (χ4v) is 4.64. The third-order valence-corrected chi connectivity index (χ3v) is 6.88. The van der Waals surface area contributed by atoms with E-state index in [9.17, 15) is 18.0 Å². The van der Waals surface area contributed by atoms with Crippen LogP contribution in [-0.4, -0.2) is 68.5 Å². The summed E-state index contributed by atoms with van der Waals surface area (Å²) in [6.07, 6.45) is 0.982. The molecule has 1 N–H and O–H groups in total. The van der Waals surface area contributed by atoms with E-state index in [1.807, 2.05) is 0 Å². The van der Waals surface area contributed by atoms with Crippen LogP contribution in [0.5, 0.6) is 0 Å². The Morgan fingerprint density at radius 3 is 2.18 bits per heavy atom. The molecule has 1 aliphatic rings. The zero-order valence-electron chi connectivity index (χ0n) is 16.7.